The van der Waals surface area contributed by atoms with E-state index in [0.29, 0.717) is 12.1 Å². The van der Waals surface area contributed by atoms with Gasteiger partial charge >= 0.3 is 7.12 Å². The molecule has 1 aliphatic heterocycles. The van der Waals surface area contributed by atoms with E-state index >= 15 is 0 Å². The molecule has 1 fully saturated rings. The predicted octanol–water partition coefficient (Wildman–Crippen LogP) is 2.16. The minimum absolute atomic E-state index is 0.251. The lowest BCUT2D eigenvalue weighted by atomic mass is 9.76. The number of benzene rings is 1. The molecule has 1 amide bonds. The Morgan fingerprint density at radius 3 is 2.38 bits per heavy atom. The highest BCUT2D eigenvalue weighted by atomic mass is 19.1. The number of carbonyl (C=O) groups is 1. The lowest BCUT2D eigenvalue weighted by Gasteiger charge is -2.32. The van der Waals surface area contributed by atoms with E-state index in [1.165, 1.54) is 18.2 Å². The Balaban J connectivity index is 2.44. The zero-order valence-electron chi connectivity index (χ0n) is 14.8. The molecule has 0 atom stereocenters. The molecule has 1 aromatic rings. The molecule has 0 aliphatic carbocycles. The van der Waals surface area contributed by atoms with Crippen molar-refractivity contribution in [2.24, 2.45) is 5.73 Å². The summed E-state index contributed by atoms with van der Waals surface area (Å²) in [6, 6.07) is 3.87. The van der Waals surface area contributed by atoms with Crippen molar-refractivity contribution in [2.45, 2.75) is 38.9 Å². The van der Waals surface area contributed by atoms with E-state index in [2.05, 4.69) is 5.32 Å². The molecule has 1 saturated heterocycles. The predicted molar refractivity (Wildman–Crippen MR) is 92.9 cm³/mol. The van der Waals surface area contributed by atoms with Crippen molar-refractivity contribution in [2.75, 3.05) is 13.6 Å². The van der Waals surface area contributed by atoms with Gasteiger partial charge in [-0.1, -0.05) is 6.08 Å². The van der Waals surface area contributed by atoms with Crippen LogP contribution in [-0.4, -0.2) is 37.8 Å². The minimum atomic E-state index is -0.612. The third-order valence-electron chi connectivity index (χ3n) is 4.56. The van der Waals surface area contributed by atoms with Crippen LogP contribution in [0.2, 0.25) is 0 Å². The van der Waals surface area contributed by atoms with Crippen LogP contribution in [0.1, 0.15) is 43.6 Å². The summed E-state index contributed by atoms with van der Waals surface area (Å²) in [7, 11) is 1.20. The Kier molecular flexibility index (Phi) is 5.18. The fourth-order valence-corrected chi connectivity index (χ4v) is 2.48. The molecule has 0 unspecified atom stereocenters. The van der Waals surface area contributed by atoms with Crippen LogP contribution in [-0.2, 0) is 9.31 Å². The molecular formula is C17H24BFN2O3. The molecule has 0 aromatic heterocycles. The summed E-state index contributed by atoms with van der Waals surface area (Å²) in [5.41, 5.74) is 5.82. The second-order valence-electron chi connectivity index (χ2n) is 6.93. The first-order valence-corrected chi connectivity index (χ1v) is 7.87. The number of amides is 1. The van der Waals surface area contributed by atoms with Crippen LogP contribution >= 0.6 is 0 Å². The van der Waals surface area contributed by atoms with Crippen LogP contribution in [0.5, 0.6) is 0 Å². The van der Waals surface area contributed by atoms with Gasteiger partial charge in [0.2, 0.25) is 5.91 Å². The van der Waals surface area contributed by atoms with E-state index in [0.717, 1.165) is 5.47 Å². The molecule has 1 heterocycles. The highest BCUT2D eigenvalue weighted by Crippen LogP contribution is 2.38. The number of nitrogens with one attached hydrogen (secondary N) is 1. The summed E-state index contributed by atoms with van der Waals surface area (Å²) in [4.78, 5) is 11.6. The summed E-state index contributed by atoms with van der Waals surface area (Å²) >= 11 is 0. The van der Waals surface area contributed by atoms with E-state index in [1.54, 1.807) is 13.1 Å². The summed E-state index contributed by atoms with van der Waals surface area (Å²) in [5.74, 6) is -1.05. The van der Waals surface area contributed by atoms with Gasteiger partial charge in [-0.25, -0.2) is 4.39 Å². The zero-order chi connectivity index (χ0) is 18.1. The first-order valence-electron chi connectivity index (χ1n) is 7.87. The number of carbonyl (C=O) groups excluding carboxylic acids is 1. The summed E-state index contributed by atoms with van der Waals surface area (Å²) in [6.45, 7) is 8.30. The maximum absolute atomic E-state index is 13.6. The lowest BCUT2D eigenvalue weighted by molar-refractivity contribution is 0.00578. The smallest absolute Gasteiger partial charge is 0.400 e. The van der Waals surface area contributed by atoms with Crippen molar-refractivity contribution < 1.29 is 18.5 Å². The molecule has 0 saturated carbocycles. The second kappa shape index (κ2) is 6.66. The average Bonchev–Trinajstić information content (AvgIpc) is 2.66. The van der Waals surface area contributed by atoms with Gasteiger partial charge in [0.25, 0.3) is 0 Å². The Labute approximate surface area is 142 Å². The second-order valence-corrected chi connectivity index (χ2v) is 6.93. The third-order valence-corrected chi connectivity index (χ3v) is 4.56. The van der Waals surface area contributed by atoms with E-state index in [9.17, 15) is 9.18 Å². The van der Waals surface area contributed by atoms with Gasteiger partial charge in [-0.3, -0.25) is 4.79 Å². The minimum Gasteiger partial charge on any atom is -0.400 e. The van der Waals surface area contributed by atoms with Crippen molar-refractivity contribution >= 4 is 19.1 Å². The quantitative estimate of drug-likeness (QED) is 0.810. The molecular weight excluding hydrogens is 310 g/mol. The number of hydrogen-bond donors (Lipinski definition) is 2. The van der Waals surface area contributed by atoms with Gasteiger partial charge < -0.3 is 20.4 Å². The van der Waals surface area contributed by atoms with Gasteiger partial charge in [-0.2, -0.15) is 0 Å². The van der Waals surface area contributed by atoms with Crippen LogP contribution in [0, 0.1) is 5.82 Å². The molecule has 3 N–H and O–H groups in total. The molecule has 1 aromatic carbocycles. The van der Waals surface area contributed by atoms with Crippen LogP contribution < -0.4 is 11.1 Å². The van der Waals surface area contributed by atoms with Crippen LogP contribution in [0.25, 0.3) is 6.08 Å². The Bertz CT molecular complexity index is 658. The van der Waals surface area contributed by atoms with Gasteiger partial charge in [0.15, 0.2) is 0 Å². The normalized spacial score (nSPS) is 19.6. The Hall–Kier alpha value is -1.70. The van der Waals surface area contributed by atoms with E-state index in [1.807, 2.05) is 27.7 Å². The summed E-state index contributed by atoms with van der Waals surface area (Å²) < 4.78 is 25.7. The van der Waals surface area contributed by atoms with Crippen LogP contribution in [0.3, 0.4) is 0 Å². The van der Waals surface area contributed by atoms with Gasteiger partial charge in [0.1, 0.15) is 5.82 Å². The van der Waals surface area contributed by atoms with Crippen molar-refractivity contribution in [3.63, 3.8) is 0 Å². The first kappa shape index (κ1) is 18.6. The van der Waals surface area contributed by atoms with E-state index in [-0.39, 0.29) is 5.56 Å². The maximum Gasteiger partial charge on any atom is 0.491 e. The highest BCUT2D eigenvalue weighted by molar-refractivity contribution is 6.56. The SMILES string of the molecule is CNCC(=Cc1cc(F)ccc1C(N)=O)B1OC(C)(C)C(C)(C)O1. The van der Waals surface area contributed by atoms with Crippen molar-refractivity contribution in [3.8, 4) is 0 Å². The number of nitrogens with two attached hydrogens (primary N) is 1. The van der Waals surface area contributed by atoms with Gasteiger partial charge in [0.05, 0.1) is 11.2 Å². The molecule has 0 radical (unpaired) electrons. The van der Waals surface area contributed by atoms with Gasteiger partial charge in [0, 0.05) is 12.1 Å². The number of halogens is 1. The summed E-state index contributed by atoms with van der Waals surface area (Å²) in [6.07, 6.45) is 1.70. The van der Waals surface area contributed by atoms with Crippen molar-refractivity contribution in [3.05, 3.63) is 40.6 Å². The Morgan fingerprint density at radius 2 is 1.88 bits per heavy atom. The Morgan fingerprint density at radius 1 is 1.29 bits per heavy atom. The van der Waals surface area contributed by atoms with Gasteiger partial charge in [-0.15, -0.1) is 0 Å². The molecule has 0 bridgehead atoms. The average molecular weight is 334 g/mol. The third kappa shape index (κ3) is 3.69. The molecule has 1 aliphatic rings. The monoisotopic (exact) mass is 334 g/mol. The van der Waals surface area contributed by atoms with E-state index in [4.69, 9.17) is 15.0 Å². The first-order chi connectivity index (χ1) is 11.1. The molecule has 24 heavy (non-hydrogen) atoms. The fourth-order valence-electron chi connectivity index (χ4n) is 2.48. The standard InChI is InChI=1S/C17H24BFN2O3/c1-16(2)17(3,4)24-18(23-16)12(10-21-5)8-11-9-13(19)6-7-14(11)15(20)22/h6-9,21H,10H2,1-5H3,(H2,20,22). The molecule has 5 nitrogen and oxygen atoms in total. The van der Waals surface area contributed by atoms with Crippen LogP contribution in [0.4, 0.5) is 4.39 Å². The number of primary amides is 1. The molecule has 2 rings (SSSR count). The number of likely N-dealkylation sites (N-methyl/N-ethyl adjacent to an activating group) is 1. The van der Waals surface area contributed by atoms with Crippen LogP contribution in [0.15, 0.2) is 23.7 Å². The molecule has 130 valence electrons. The zero-order valence-corrected chi connectivity index (χ0v) is 14.8. The molecule has 0 spiro atoms. The highest BCUT2D eigenvalue weighted by Gasteiger charge is 2.52. The van der Waals surface area contributed by atoms with E-state index < -0.39 is 30.0 Å². The lowest BCUT2D eigenvalue weighted by Crippen LogP contribution is -2.41. The van der Waals surface area contributed by atoms with Crippen molar-refractivity contribution in [1.82, 2.24) is 5.32 Å². The fraction of sp³-hybridized carbons (Fsp3) is 0.471. The number of rotatable bonds is 5. The largest absolute Gasteiger partial charge is 0.491 e. The topological polar surface area (TPSA) is 73.6 Å². The van der Waals surface area contributed by atoms with Crippen molar-refractivity contribution in [1.29, 1.82) is 0 Å². The summed E-state index contributed by atoms with van der Waals surface area (Å²) in [5, 5.41) is 3.04. The maximum atomic E-state index is 13.6. The molecule has 7 heteroatoms. The van der Waals surface area contributed by atoms with Gasteiger partial charge in [-0.05, 0) is 64.0 Å². The number of hydrogen-bond acceptors (Lipinski definition) is 4.